The minimum absolute atomic E-state index is 0.254. The van der Waals surface area contributed by atoms with Gasteiger partial charge in [-0.25, -0.2) is 14.7 Å². The molecule has 0 fully saturated rings. The lowest BCUT2D eigenvalue weighted by molar-refractivity contribution is 0.259. The molecule has 2 aromatic carbocycles. The Morgan fingerprint density at radius 3 is 2.09 bits per heavy atom. The Hall–Kier alpha value is -3.14. The highest BCUT2D eigenvalue weighted by molar-refractivity contribution is 6.06. The maximum atomic E-state index is 12.7. The number of pyridine rings is 1. The molecule has 3 rings (SSSR count). The van der Waals surface area contributed by atoms with Gasteiger partial charge >= 0.3 is 6.03 Å². The van der Waals surface area contributed by atoms with Gasteiger partial charge in [0, 0.05) is 11.9 Å². The summed E-state index contributed by atoms with van der Waals surface area (Å²) in [6.07, 6.45) is 1.67. The van der Waals surface area contributed by atoms with Crippen molar-refractivity contribution in [2.75, 3.05) is 10.2 Å². The normalized spacial score (nSPS) is 10.0. The Morgan fingerprint density at radius 2 is 1.45 bits per heavy atom. The van der Waals surface area contributed by atoms with Crippen molar-refractivity contribution >= 4 is 23.2 Å². The van der Waals surface area contributed by atoms with Gasteiger partial charge in [0.2, 0.25) is 0 Å². The number of nitrogens with zero attached hydrogens (tertiary/aromatic N) is 2. The summed E-state index contributed by atoms with van der Waals surface area (Å²) < 4.78 is 0. The number of carbonyl (C=O) groups is 1. The van der Waals surface area contributed by atoms with Crippen LogP contribution in [0.1, 0.15) is 0 Å². The zero-order chi connectivity index (χ0) is 15.2. The lowest BCUT2D eigenvalue weighted by Crippen LogP contribution is -2.31. The highest BCUT2D eigenvalue weighted by atomic mass is 16.2. The summed E-state index contributed by atoms with van der Waals surface area (Å²) in [5.74, 6) is 0.571. The average Bonchev–Trinajstić information content (AvgIpc) is 2.58. The van der Waals surface area contributed by atoms with Gasteiger partial charge in [0.25, 0.3) is 0 Å². The van der Waals surface area contributed by atoms with Gasteiger partial charge in [0.1, 0.15) is 5.82 Å². The van der Waals surface area contributed by atoms with Gasteiger partial charge in [-0.05, 0) is 36.4 Å². The second kappa shape index (κ2) is 6.54. The number of rotatable bonds is 3. The summed E-state index contributed by atoms with van der Waals surface area (Å²) in [4.78, 5) is 18.5. The average molecular weight is 289 g/mol. The number of urea groups is 1. The Labute approximate surface area is 129 Å². The molecule has 1 heterocycles. The molecule has 3 aromatic rings. The molecule has 0 atom stereocenters. The molecule has 0 bridgehead atoms. The fourth-order valence-corrected chi connectivity index (χ4v) is 2.12. The minimum atomic E-state index is -0.254. The van der Waals surface area contributed by atoms with Crippen LogP contribution in [-0.4, -0.2) is 11.0 Å². The number of aromatic nitrogens is 1. The zero-order valence-corrected chi connectivity index (χ0v) is 11.9. The van der Waals surface area contributed by atoms with Crippen molar-refractivity contribution in [2.45, 2.75) is 0 Å². The van der Waals surface area contributed by atoms with Crippen LogP contribution in [-0.2, 0) is 0 Å². The van der Waals surface area contributed by atoms with E-state index in [-0.39, 0.29) is 6.03 Å². The number of carbonyl (C=O) groups excluding carboxylic acids is 1. The predicted molar refractivity (Wildman–Crippen MR) is 88.3 cm³/mol. The van der Waals surface area contributed by atoms with E-state index >= 15 is 0 Å². The van der Waals surface area contributed by atoms with E-state index in [9.17, 15) is 4.79 Å². The molecule has 22 heavy (non-hydrogen) atoms. The maximum Gasteiger partial charge on any atom is 0.332 e. The van der Waals surface area contributed by atoms with Crippen LogP contribution in [0, 0.1) is 0 Å². The van der Waals surface area contributed by atoms with Crippen molar-refractivity contribution in [1.82, 2.24) is 4.98 Å². The molecule has 0 unspecified atom stereocenters. The molecule has 1 N–H and O–H groups in total. The van der Waals surface area contributed by atoms with Crippen LogP contribution in [0.2, 0.25) is 0 Å². The Kier molecular flexibility index (Phi) is 4.11. The summed E-state index contributed by atoms with van der Waals surface area (Å²) in [6.45, 7) is 0. The molecule has 2 amide bonds. The quantitative estimate of drug-likeness (QED) is 0.774. The van der Waals surface area contributed by atoms with Gasteiger partial charge in [0.15, 0.2) is 0 Å². The summed E-state index contributed by atoms with van der Waals surface area (Å²) in [5, 5.41) is 2.89. The highest BCUT2D eigenvalue weighted by Gasteiger charge is 2.18. The molecule has 0 aliphatic carbocycles. The first-order valence-corrected chi connectivity index (χ1v) is 6.97. The number of benzene rings is 2. The van der Waals surface area contributed by atoms with Crippen LogP contribution in [0.15, 0.2) is 85.1 Å². The molecule has 0 saturated heterocycles. The SMILES string of the molecule is O=C(Nc1ccccc1)N(c1ccccc1)c1ccccn1. The van der Waals surface area contributed by atoms with E-state index in [4.69, 9.17) is 0 Å². The van der Waals surface area contributed by atoms with Crippen molar-refractivity contribution in [1.29, 1.82) is 0 Å². The molecule has 4 nitrogen and oxygen atoms in total. The van der Waals surface area contributed by atoms with Gasteiger partial charge in [-0.3, -0.25) is 0 Å². The number of hydrogen-bond acceptors (Lipinski definition) is 2. The second-order valence-electron chi connectivity index (χ2n) is 4.66. The van der Waals surface area contributed by atoms with Crippen LogP contribution in [0.5, 0.6) is 0 Å². The Balaban J connectivity index is 1.94. The van der Waals surface area contributed by atoms with Gasteiger partial charge in [-0.15, -0.1) is 0 Å². The number of anilines is 3. The third-order valence-corrected chi connectivity index (χ3v) is 3.12. The number of hydrogen-bond donors (Lipinski definition) is 1. The van der Waals surface area contributed by atoms with E-state index < -0.39 is 0 Å². The third kappa shape index (κ3) is 3.12. The van der Waals surface area contributed by atoms with Crippen LogP contribution in [0.4, 0.5) is 22.0 Å². The van der Waals surface area contributed by atoms with Gasteiger partial charge < -0.3 is 5.32 Å². The van der Waals surface area contributed by atoms with Gasteiger partial charge in [0.05, 0.1) is 5.69 Å². The number of para-hydroxylation sites is 2. The first-order valence-electron chi connectivity index (χ1n) is 6.97. The summed E-state index contributed by atoms with van der Waals surface area (Å²) >= 11 is 0. The smallest absolute Gasteiger partial charge is 0.307 e. The molecule has 0 aliphatic rings. The fraction of sp³-hybridized carbons (Fsp3) is 0. The summed E-state index contributed by atoms with van der Waals surface area (Å²) in [6, 6.07) is 24.0. The summed E-state index contributed by atoms with van der Waals surface area (Å²) in [7, 11) is 0. The summed E-state index contributed by atoms with van der Waals surface area (Å²) in [5.41, 5.74) is 1.50. The Morgan fingerprint density at radius 1 is 0.818 bits per heavy atom. The Bertz CT molecular complexity index is 691. The van der Waals surface area contributed by atoms with E-state index in [0.717, 1.165) is 11.4 Å². The standard InChI is InChI=1S/C18H15N3O/c22-18(20-15-9-3-1-4-10-15)21(16-11-5-2-6-12-16)17-13-7-8-14-19-17/h1-14H,(H,20,22). The van der Waals surface area contributed by atoms with E-state index in [2.05, 4.69) is 10.3 Å². The zero-order valence-electron chi connectivity index (χ0n) is 11.9. The number of amides is 2. The molecular formula is C18H15N3O. The predicted octanol–water partition coefficient (Wildman–Crippen LogP) is 4.45. The lowest BCUT2D eigenvalue weighted by atomic mass is 10.3. The van der Waals surface area contributed by atoms with Crippen LogP contribution < -0.4 is 10.2 Å². The highest BCUT2D eigenvalue weighted by Crippen LogP contribution is 2.24. The molecule has 1 aromatic heterocycles. The largest absolute Gasteiger partial charge is 0.332 e. The van der Waals surface area contributed by atoms with Crippen molar-refractivity contribution < 1.29 is 4.79 Å². The van der Waals surface area contributed by atoms with Crippen molar-refractivity contribution in [3.05, 3.63) is 85.1 Å². The van der Waals surface area contributed by atoms with Gasteiger partial charge in [-0.2, -0.15) is 0 Å². The van der Waals surface area contributed by atoms with E-state index in [1.807, 2.05) is 72.8 Å². The van der Waals surface area contributed by atoms with Gasteiger partial charge in [-0.1, -0.05) is 42.5 Å². The van der Waals surface area contributed by atoms with Crippen molar-refractivity contribution in [3.63, 3.8) is 0 Å². The topological polar surface area (TPSA) is 45.2 Å². The molecule has 0 aliphatic heterocycles. The van der Waals surface area contributed by atoms with E-state index in [1.54, 1.807) is 17.2 Å². The van der Waals surface area contributed by atoms with Crippen LogP contribution >= 0.6 is 0 Å². The first-order chi connectivity index (χ1) is 10.8. The van der Waals surface area contributed by atoms with Crippen LogP contribution in [0.3, 0.4) is 0 Å². The molecule has 0 saturated carbocycles. The first kappa shape index (κ1) is 13.8. The monoisotopic (exact) mass is 289 g/mol. The van der Waals surface area contributed by atoms with Crippen LogP contribution in [0.25, 0.3) is 0 Å². The van der Waals surface area contributed by atoms with Crippen molar-refractivity contribution in [3.8, 4) is 0 Å². The molecule has 4 heteroatoms. The molecule has 0 radical (unpaired) electrons. The lowest BCUT2D eigenvalue weighted by Gasteiger charge is -2.22. The van der Waals surface area contributed by atoms with E-state index in [1.165, 1.54) is 0 Å². The molecule has 108 valence electrons. The number of nitrogens with one attached hydrogen (secondary N) is 1. The van der Waals surface area contributed by atoms with E-state index in [0.29, 0.717) is 5.82 Å². The second-order valence-corrected chi connectivity index (χ2v) is 4.66. The molecule has 0 spiro atoms. The third-order valence-electron chi connectivity index (χ3n) is 3.12. The minimum Gasteiger partial charge on any atom is -0.307 e. The fourth-order valence-electron chi connectivity index (χ4n) is 2.12. The molecular weight excluding hydrogens is 274 g/mol. The van der Waals surface area contributed by atoms with Crippen molar-refractivity contribution in [2.24, 2.45) is 0 Å². The maximum absolute atomic E-state index is 12.7.